The normalized spacial score (nSPS) is 17.2. The third kappa shape index (κ3) is 2.02. The van der Waals surface area contributed by atoms with Crippen LogP contribution in [0.2, 0.25) is 13.1 Å². The topological polar surface area (TPSA) is 0 Å². The van der Waals surface area contributed by atoms with Crippen LogP contribution in [-0.2, 0) is 6.42 Å². The smallest absolute Gasteiger partial charge is 0.0651 e. The molecule has 0 nitrogen and oxygen atoms in total. The van der Waals surface area contributed by atoms with Gasteiger partial charge in [-0.1, -0.05) is 75.3 Å². The van der Waals surface area contributed by atoms with Crippen LogP contribution in [-0.4, -0.2) is 8.07 Å². The number of benzene rings is 2. The van der Waals surface area contributed by atoms with Crippen LogP contribution in [0.5, 0.6) is 0 Å². The van der Waals surface area contributed by atoms with Crippen molar-refractivity contribution in [1.82, 2.24) is 0 Å². The maximum absolute atomic E-state index is 2.53. The zero-order valence-corrected chi connectivity index (χ0v) is 15.7. The van der Waals surface area contributed by atoms with Crippen molar-refractivity contribution >= 4 is 18.5 Å². The highest BCUT2D eigenvalue weighted by Crippen LogP contribution is 2.50. The van der Waals surface area contributed by atoms with Crippen LogP contribution in [0.4, 0.5) is 0 Å². The van der Waals surface area contributed by atoms with E-state index in [9.17, 15) is 0 Å². The quantitative estimate of drug-likeness (QED) is 0.653. The van der Waals surface area contributed by atoms with Gasteiger partial charge in [0.2, 0.25) is 0 Å². The minimum atomic E-state index is -1.53. The van der Waals surface area contributed by atoms with Gasteiger partial charge in [-0.3, -0.25) is 0 Å². The molecule has 0 N–H and O–H groups in total. The van der Waals surface area contributed by atoms with E-state index in [1.54, 1.807) is 21.5 Å². The number of hydrogen-bond acceptors (Lipinski definition) is 0. The maximum Gasteiger partial charge on any atom is 0.113 e. The van der Waals surface area contributed by atoms with Crippen molar-refractivity contribution in [2.24, 2.45) is 0 Å². The van der Waals surface area contributed by atoms with E-state index in [2.05, 4.69) is 69.8 Å². The Balaban J connectivity index is 1.91. The van der Waals surface area contributed by atoms with E-state index in [4.69, 9.17) is 0 Å². The van der Waals surface area contributed by atoms with Crippen LogP contribution in [0.3, 0.4) is 0 Å². The molecular formula is C22H25Si. The predicted octanol–water partition coefficient (Wildman–Crippen LogP) is 5.50. The SMILES string of the molecule is CCCc1ccc(-c2c3ccc4c2C(=C(CC)[CH]4)[Si]3(C)C)cc1. The first kappa shape index (κ1) is 15.0. The van der Waals surface area contributed by atoms with Crippen LogP contribution in [0.25, 0.3) is 16.3 Å². The molecule has 0 atom stereocenters. The minimum Gasteiger partial charge on any atom is -0.0651 e. The van der Waals surface area contributed by atoms with Gasteiger partial charge in [0.15, 0.2) is 0 Å². The first-order valence-corrected chi connectivity index (χ1v) is 11.9. The zero-order valence-electron chi connectivity index (χ0n) is 14.7. The lowest BCUT2D eigenvalue weighted by Gasteiger charge is -2.21. The Morgan fingerprint density at radius 1 is 0.870 bits per heavy atom. The Labute approximate surface area is 141 Å². The van der Waals surface area contributed by atoms with Crippen LogP contribution in [0.15, 0.2) is 42.0 Å². The molecule has 0 unspecified atom stereocenters. The predicted molar refractivity (Wildman–Crippen MR) is 104 cm³/mol. The second-order valence-electron chi connectivity index (χ2n) is 7.42. The maximum atomic E-state index is 2.53. The van der Waals surface area contributed by atoms with Gasteiger partial charge in [0.1, 0.15) is 8.07 Å². The lowest BCUT2D eigenvalue weighted by Crippen LogP contribution is -2.39. The Hall–Kier alpha value is -1.60. The Morgan fingerprint density at radius 3 is 2.26 bits per heavy atom. The fraction of sp³-hybridized carbons (Fsp3) is 0.318. The second kappa shape index (κ2) is 5.21. The van der Waals surface area contributed by atoms with E-state index < -0.39 is 8.07 Å². The highest BCUT2D eigenvalue weighted by Gasteiger charge is 2.45. The van der Waals surface area contributed by atoms with E-state index in [1.165, 1.54) is 35.1 Å². The molecule has 1 aliphatic carbocycles. The van der Waals surface area contributed by atoms with Gasteiger partial charge >= 0.3 is 0 Å². The fourth-order valence-corrected chi connectivity index (χ4v) is 8.11. The van der Waals surface area contributed by atoms with Gasteiger partial charge in [-0.15, -0.1) is 0 Å². The van der Waals surface area contributed by atoms with E-state index >= 15 is 0 Å². The largest absolute Gasteiger partial charge is 0.113 e. The van der Waals surface area contributed by atoms with Gasteiger partial charge in [0.05, 0.1) is 0 Å². The molecule has 0 spiro atoms. The highest BCUT2D eigenvalue weighted by molar-refractivity contribution is 7.07. The second-order valence-corrected chi connectivity index (χ2v) is 11.7. The van der Waals surface area contributed by atoms with Gasteiger partial charge < -0.3 is 0 Å². The molecule has 0 fully saturated rings. The molecule has 1 aliphatic heterocycles. The molecule has 0 aromatic heterocycles. The molecular weight excluding hydrogens is 292 g/mol. The zero-order chi connectivity index (χ0) is 16.2. The summed E-state index contributed by atoms with van der Waals surface area (Å²) in [5.74, 6) is 0. The van der Waals surface area contributed by atoms with Crippen LogP contribution >= 0.6 is 0 Å². The van der Waals surface area contributed by atoms with Crippen molar-refractivity contribution < 1.29 is 0 Å². The summed E-state index contributed by atoms with van der Waals surface area (Å²) in [6.07, 6.45) is 5.99. The molecule has 1 heteroatoms. The van der Waals surface area contributed by atoms with E-state index in [1.807, 2.05) is 0 Å². The minimum absolute atomic E-state index is 1.16. The van der Waals surface area contributed by atoms with Crippen molar-refractivity contribution in [1.29, 1.82) is 0 Å². The first-order chi connectivity index (χ1) is 11.1. The third-order valence-electron chi connectivity index (χ3n) is 5.60. The fourth-order valence-electron chi connectivity index (χ4n) is 4.50. The molecule has 2 aromatic rings. The molecule has 2 bridgehead atoms. The van der Waals surface area contributed by atoms with Crippen molar-refractivity contribution in [3.63, 3.8) is 0 Å². The van der Waals surface area contributed by atoms with Crippen LogP contribution in [0.1, 0.15) is 43.4 Å². The molecule has 0 amide bonds. The molecule has 2 aliphatic rings. The lowest BCUT2D eigenvalue weighted by molar-refractivity contribution is 0.922. The molecule has 2 aromatic carbocycles. The standard InChI is InChI=1S/C22H25Si/c1-5-7-15-8-10-17(11-9-15)20-19-13-12-18-14-16(6-2)22(21(18)20)23(19,3)4/h8-14H,5-7H2,1-4H3. The summed E-state index contributed by atoms with van der Waals surface area (Å²) >= 11 is 0. The Morgan fingerprint density at radius 2 is 1.61 bits per heavy atom. The van der Waals surface area contributed by atoms with Crippen molar-refractivity contribution in [3.8, 4) is 11.1 Å². The molecule has 1 heterocycles. The van der Waals surface area contributed by atoms with E-state index in [-0.39, 0.29) is 0 Å². The first-order valence-electron chi connectivity index (χ1n) is 8.93. The van der Waals surface area contributed by atoms with Crippen molar-refractivity contribution in [3.05, 3.63) is 65.1 Å². The van der Waals surface area contributed by atoms with Gasteiger partial charge in [-0.05, 0) is 51.0 Å². The molecule has 4 rings (SSSR count). The average Bonchev–Trinajstić information content (AvgIpc) is 3.00. The number of allylic oxidation sites excluding steroid dienone is 1. The summed E-state index contributed by atoms with van der Waals surface area (Å²) in [5, 5.41) is 3.34. The van der Waals surface area contributed by atoms with Gasteiger partial charge in [-0.25, -0.2) is 0 Å². The van der Waals surface area contributed by atoms with Gasteiger partial charge in [-0.2, -0.15) is 0 Å². The summed E-state index contributed by atoms with van der Waals surface area (Å²) in [5.41, 5.74) is 9.02. The third-order valence-corrected chi connectivity index (χ3v) is 9.18. The Kier molecular flexibility index (Phi) is 3.38. The van der Waals surface area contributed by atoms with Crippen molar-refractivity contribution in [2.75, 3.05) is 0 Å². The number of rotatable bonds is 4. The summed E-state index contributed by atoms with van der Waals surface area (Å²) in [6.45, 7) is 9.60. The van der Waals surface area contributed by atoms with E-state index in [0.29, 0.717) is 0 Å². The molecule has 0 saturated heterocycles. The molecule has 0 saturated carbocycles. The van der Waals surface area contributed by atoms with Crippen LogP contribution < -0.4 is 5.19 Å². The number of aryl methyl sites for hydroxylation is 1. The number of fused-ring (bicyclic) bond motifs is 1. The van der Waals surface area contributed by atoms with Crippen molar-refractivity contribution in [2.45, 2.75) is 46.2 Å². The summed E-state index contributed by atoms with van der Waals surface area (Å²) in [6, 6.07) is 14.1. The summed E-state index contributed by atoms with van der Waals surface area (Å²) in [4.78, 5) is 0. The van der Waals surface area contributed by atoms with Gasteiger partial charge in [0.25, 0.3) is 0 Å². The number of hydrogen-bond donors (Lipinski definition) is 0. The van der Waals surface area contributed by atoms with Gasteiger partial charge in [0, 0.05) is 6.42 Å². The van der Waals surface area contributed by atoms with Crippen LogP contribution in [0, 0.1) is 6.42 Å². The summed E-state index contributed by atoms with van der Waals surface area (Å²) in [7, 11) is -1.53. The lowest BCUT2D eigenvalue weighted by atomic mass is 9.96. The molecule has 1 radical (unpaired) electrons. The Bertz CT molecular complexity index is 807. The molecule has 117 valence electrons. The van der Waals surface area contributed by atoms with E-state index in [0.717, 1.165) is 6.42 Å². The average molecular weight is 318 g/mol. The summed E-state index contributed by atoms with van der Waals surface area (Å²) < 4.78 is 0. The highest BCUT2D eigenvalue weighted by atomic mass is 28.3. The molecule has 23 heavy (non-hydrogen) atoms. The monoisotopic (exact) mass is 317 g/mol.